The lowest BCUT2D eigenvalue weighted by atomic mass is 9.78. The Morgan fingerprint density at radius 2 is 1.84 bits per heavy atom. The summed E-state index contributed by atoms with van der Waals surface area (Å²) in [6, 6.07) is 0. The van der Waals surface area contributed by atoms with Gasteiger partial charge >= 0.3 is 0 Å². The molecule has 0 aromatic rings. The first kappa shape index (κ1) is 21.7. The topological polar surface area (TPSA) is 87.2 Å². The fraction of sp³-hybridized carbons (Fsp3) is 0.850. The zero-order valence-corrected chi connectivity index (χ0v) is 16.9. The van der Waals surface area contributed by atoms with Crippen molar-refractivity contribution >= 4 is 17.6 Å². The zero-order valence-electron chi connectivity index (χ0n) is 16.9. The molecular weight excluding hydrogens is 314 g/mol. The lowest BCUT2D eigenvalue weighted by molar-refractivity contribution is -0.137. The molecule has 3 N–H and O–H groups in total. The Labute approximate surface area is 153 Å². The quantitative estimate of drug-likeness (QED) is 0.620. The van der Waals surface area contributed by atoms with Crippen LogP contribution in [0.2, 0.25) is 0 Å². The Balaban J connectivity index is 3.00. The van der Waals surface area contributed by atoms with Crippen LogP contribution in [-0.4, -0.2) is 28.1 Å². The monoisotopic (exact) mass is 351 g/mol. The second-order valence-corrected chi connectivity index (χ2v) is 8.86. The lowest BCUT2D eigenvalue weighted by Gasteiger charge is -2.40. The molecule has 0 aromatic heterocycles. The fourth-order valence-corrected chi connectivity index (χ4v) is 4.35. The SMILES string of the molecule is CCCCC(CCC)C1CC(=N)N(C(C)(C)CC(C)(C)C(N)=O)C1=O. The van der Waals surface area contributed by atoms with Gasteiger partial charge in [-0.05, 0) is 39.0 Å². The van der Waals surface area contributed by atoms with E-state index in [1.807, 2.05) is 13.8 Å². The molecule has 25 heavy (non-hydrogen) atoms. The summed E-state index contributed by atoms with van der Waals surface area (Å²) in [6.45, 7) is 11.8. The second-order valence-electron chi connectivity index (χ2n) is 8.86. The van der Waals surface area contributed by atoms with Gasteiger partial charge in [-0.15, -0.1) is 0 Å². The first-order valence-corrected chi connectivity index (χ1v) is 9.69. The molecule has 1 aliphatic rings. The number of carbonyl (C=O) groups is 2. The van der Waals surface area contributed by atoms with Gasteiger partial charge < -0.3 is 5.73 Å². The molecule has 1 fully saturated rings. The first-order valence-electron chi connectivity index (χ1n) is 9.69. The summed E-state index contributed by atoms with van der Waals surface area (Å²) in [5.41, 5.74) is 4.21. The van der Waals surface area contributed by atoms with Gasteiger partial charge in [-0.1, -0.05) is 47.0 Å². The zero-order chi connectivity index (χ0) is 19.4. The number of amides is 2. The molecule has 144 valence electrons. The molecule has 1 saturated heterocycles. The number of nitrogens with two attached hydrogens (primary N) is 1. The number of primary amides is 1. The highest BCUT2D eigenvalue weighted by Gasteiger charge is 2.48. The molecule has 0 saturated carbocycles. The summed E-state index contributed by atoms with van der Waals surface area (Å²) in [4.78, 5) is 26.5. The second kappa shape index (κ2) is 8.33. The maximum atomic E-state index is 13.2. The van der Waals surface area contributed by atoms with E-state index in [1.54, 1.807) is 18.7 Å². The number of nitrogens with one attached hydrogen (secondary N) is 1. The van der Waals surface area contributed by atoms with Crippen molar-refractivity contribution in [3.63, 3.8) is 0 Å². The number of rotatable bonds is 10. The summed E-state index contributed by atoms with van der Waals surface area (Å²) in [5, 5.41) is 8.43. The van der Waals surface area contributed by atoms with Gasteiger partial charge in [0.2, 0.25) is 11.8 Å². The minimum Gasteiger partial charge on any atom is -0.369 e. The number of hydrogen-bond donors (Lipinski definition) is 2. The normalized spacial score (nSPS) is 20.2. The molecular formula is C20H37N3O2. The summed E-state index contributed by atoms with van der Waals surface area (Å²) < 4.78 is 0. The van der Waals surface area contributed by atoms with Gasteiger partial charge in [0.15, 0.2) is 0 Å². The van der Waals surface area contributed by atoms with Crippen LogP contribution in [0.15, 0.2) is 0 Å². The molecule has 5 nitrogen and oxygen atoms in total. The van der Waals surface area contributed by atoms with E-state index in [0.29, 0.717) is 24.6 Å². The van der Waals surface area contributed by atoms with Gasteiger partial charge in [0.1, 0.15) is 5.84 Å². The molecule has 0 aliphatic carbocycles. The van der Waals surface area contributed by atoms with Crippen LogP contribution >= 0.6 is 0 Å². The third-order valence-electron chi connectivity index (χ3n) is 5.52. The number of hydrogen-bond acceptors (Lipinski definition) is 3. The van der Waals surface area contributed by atoms with Crippen molar-refractivity contribution in [3.8, 4) is 0 Å². The van der Waals surface area contributed by atoms with Crippen LogP contribution in [-0.2, 0) is 9.59 Å². The Hall–Kier alpha value is -1.39. The van der Waals surface area contributed by atoms with E-state index < -0.39 is 11.0 Å². The molecule has 2 atom stereocenters. The van der Waals surface area contributed by atoms with Crippen LogP contribution in [0.3, 0.4) is 0 Å². The number of carbonyl (C=O) groups excluding carboxylic acids is 2. The predicted octanol–water partition coefficient (Wildman–Crippen LogP) is 4.10. The van der Waals surface area contributed by atoms with Gasteiger partial charge in [-0.2, -0.15) is 0 Å². The van der Waals surface area contributed by atoms with Gasteiger partial charge in [0, 0.05) is 23.3 Å². The molecule has 0 bridgehead atoms. The van der Waals surface area contributed by atoms with Crippen LogP contribution in [0.25, 0.3) is 0 Å². The van der Waals surface area contributed by atoms with E-state index in [2.05, 4.69) is 13.8 Å². The molecule has 0 spiro atoms. The molecule has 2 amide bonds. The molecule has 0 radical (unpaired) electrons. The van der Waals surface area contributed by atoms with Crippen LogP contribution in [0, 0.1) is 22.7 Å². The van der Waals surface area contributed by atoms with Crippen LogP contribution < -0.4 is 5.73 Å². The number of likely N-dealkylation sites (tertiary alicyclic amines) is 1. The average Bonchev–Trinajstić information content (AvgIpc) is 2.77. The number of nitrogens with zero attached hydrogens (tertiary/aromatic N) is 1. The maximum Gasteiger partial charge on any atom is 0.232 e. The third-order valence-corrected chi connectivity index (χ3v) is 5.52. The molecule has 1 aliphatic heterocycles. The third kappa shape index (κ3) is 5.05. The van der Waals surface area contributed by atoms with E-state index in [0.717, 1.165) is 32.1 Å². The van der Waals surface area contributed by atoms with E-state index in [-0.39, 0.29) is 17.7 Å². The van der Waals surface area contributed by atoms with Gasteiger partial charge in [0.05, 0.1) is 0 Å². The van der Waals surface area contributed by atoms with Gasteiger partial charge in [-0.25, -0.2) is 0 Å². The molecule has 1 heterocycles. The van der Waals surface area contributed by atoms with E-state index in [9.17, 15) is 9.59 Å². The summed E-state index contributed by atoms with van der Waals surface area (Å²) in [7, 11) is 0. The highest BCUT2D eigenvalue weighted by atomic mass is 16.2. The minimum absolute atomic E-state index is 0.0600. The van der Waals surface area contributed by atoms with Crippen LogP contribution in [0.5, 0.6) is 0 Å². The van der Waals surface area contributed by atoms with Crippen LogP contribution in [0.1, 0.15) is 86.5 Å². The van der Waals surface area contributed by atoms with E-state index >= 15 is 0 Å². The van der Waals surface area contributed by atoms with Crippen molar-refractivity contribution in [3.05, 3.63) is 0 Å². The number of unbranched alkanes of at least 4 members (excludes halogenated alkanes) is 1. The van der Waals surface area contributed by atoms with Crippen molar-refractivity contribution in [2.45, 2.75) is 92.0 Å². The molecule has 2 unspecified atom stereocenters. The minimum atomic E-state index is -0.715. The molecule has 5 heteroatoms. The van der Waals surface area contributed by atoms with Crippen LogP contribution in [0.4, 0.5) is 0 Å². The van der Waals surface area contributed by atoms with Crippen molar-refractivity contribution in [1.82, 2.24) is 4.90 Å². The van der Waals surface area contributed by atoms with Gasteiger partial charge in [-0.3, -0.25) is 19.9 Å². The Bertz CT molecular complexity index is 511. The summed E-state index contributed by atoms with van der Waals surface area (Å²) >= 11 is 0. The summed E-state index contributed by atoms with van der Waals surface area (Å²) in [6.07, 6.45) is 6.36. The van der Waals surface area contributed by atoms with Gasteiger partial charge in [0.25, 0.3) is 0 Å². The maximum absolute atomic E-state index is 13.2. The van der Waals surface area contributed by atoms with E-state index in [4.69, 9.17) is 11.1 Å². The van der Waals surface area contributed by atoms with E-state index in [1.165, 1.54) is 0 Å². The summed E-state index contributed by atoms with van der Waals surface area (Å²) in [5.74, 6) is 0.336. The largest absolute Gasteiger partial charge is 0.369 e. The van der Waals surface area contributed by atoms with Crippen molar-refractivity contribution in [1.29, 1.82) is 5.41 Å². The van der Waals surface area contributed by atoms with Crippen molar-refractivity contribution in [2.75, 3.05) is 0 Å². The highest BCUT2D eigenvalue weighted by Crippen LogP contribution is 2.40. The fourth-order valence-electron chi connectivity index (χ4n) is 4.35. The Morgan fingerprint density at radius 3 is 2.32 bits per heavy atom. The first-order chi connectivity index (χ1) is 11.5. The average molecular weight is 352 g/mol. The molecule has 0 aromatic carbocycles. The smallest absolute Gasteiger partial charge is 0.232 e. The standard InChI is InChI=1S/C20H37N3O2/c1-7-9-11-14(10-8-2)15-12-16(21)23(17(15)24)20(5,6)13-19(3,4)18(22)25/h14-15,21H,7-13H2,1-6H3,(H2,22,25). The lowest BCUT2D eigenvalue weighted by Crippen LogP contribution is -2.52. The Kier molecular flexibility index (Phi) is 7.21. The van der Waals surface area contributed by atoms with Crippen molar-refractivity contribution in [2.24, 2.45) is 23.0 Å². The van der Waals surface area contributed by atoms with Crippen molar-refractivity contribution < 1.29 is 9.59 Å². The Morgan fingerprint density at radius 1 is 1.24 bits per heavy atom. The molecule has 1 rings (SSSR count). The predicted molar refractivity (Wildman–Crippen MR) is 102 cm³/mol. The highest BCUT2D eigenvalue weighted by molar-refractivity contribution is 6.05. The number of amidine groups is 1.